The Morgan fingerprint density at radius 3 is 2.83 bits per heavy atom. The van der Waals surface area contributed by atoms with Gasteiger partial charge in [0.15, 0.2) is 0 Å². The summed E-state index contributed by atoms with van der Waals surface area (Å²) in [6.45, 7) is 6.28. The van der Waals surface area contributed by atoms with E-state index >= 15 is 0 Å². The summed E-state index contributed by atoms with van der Waals surface area (Å²) in [5.74, 6) is 1.65. The van der Waals surface area contributed by atoms with Gasteiger partial charge >= 0.3 is 0 Å². The minimum absolute atomic E-state index is 0.122. The molecule has 0 bridgehead atoms. The van der Waals surface area contributed by atoms with Gasteiger partial charge in [-0.15, -0.1) is 0 Å². The van der Waals surface area contributed by atoms with Crippen LogP contribution >= 0.6 is 0 Å². The van der Waals surface area contributed by atoms with Crippen LogP contribution in [0.3, 0.4) is 0 Å². The fourth-order valence-electron chi connectivity index (χ4n) is 4.36. The van der Waals surface area contributed by atoms with Crippen molar-refractivity contribution in [1.29, 1.82) is 0 Å². The molecule has 2 aliphatic rings. The maximum absolute atomic E-state index is 6.27. The SMILES string of the molecule is COC[C@H](C)Nc1ncc2c(OC3CCOCC3)ncc([C@H]3CCCN(C)C3)c2n1. The van der Waals surface area contributed by atoms with Gasteiger partial charge in [-0.25, -0.2) is 15.0 Å². The first-order valence-electron chi connectivity index (χ1n) is 11.0. The van der Waals surface area contributed by atoms with E-state index in [1.54, 1.807) is 7.11 Å². The fraction of sp³-hybridized carbons (Fsp3) is 0.682. The van der Waals surface area contributed by atoms with E-state index in [9.17, 15) is 0 Å². The van der Waals surface area contributed by atoms with Crippen molar-refractivity contribution in [2.75, 3.05) is 52.4 Å². The van der Waals surface area contributed by atoms with Crippen LogP contribution in [0.4, 0.5) is 5.95 Å². The minimum atomic E-state index is 0.122. The van der Waals surface area contributed by atoms with Crippen molar-refractivity contribution >= 4 is 16.9 Å². The van der Waals surface area contributed by atoms with Gasteiger partial charge in [-0.3, -0.25) is 0 Å². The van der Waals surface area contributed by atoms with Crippen LogP contribution in [0.2, 0.25) is 0 Å². The molecule has 2 fully saturated rings. The second-order valence-corrected chi connectivity index (χ2v) is 8.51. The van der Waals surface area contributed by atoms with Crippen molar-refractivity contribution in [1.82, 2.24) is 19.9 Å². The highest BCUT2D eigenvalue weighted by atomic mass is 16.5. The predicted octanol–water partition coefficient (Wildman–Crippen LogP) is 2.84. The molecular formula is C22H33N5O3. The van der Waals surface area contributed by atoms with E-state index in [0.717, 1.165) is 56.5 Å². The summed E-state index contributed by atoms with van der Waals surface area (Å²) < 4.78 is 17.0. The number of aromatic nitrogens is 3. The van der Waals surface area contributed by atoms with Crippen molar-refractivity contribution in [2.45, 2.75) is 50.7 Å². The van der Waals surface area contributed by atoms with Crippen molar-refractivity contribution in [2.24, 2.45) is 0 Å². The highest BCUT2D eigenvalue weighted by molar-refractivity contribution is 5.86. The Labute approximate surface area is 178 Å². The van der Waals surface area contributed by atoms with Crippen LogP contribution in [-0.4, -0.2) is 79.1 Å². The molecule has 164 valence electrons. The van der Waals surface area contributed by atoms with E-state index in [1.165, 1.54) is 12.0 Å². The zero-order chi connectivity index (χ0) is 20.9. The lowest BCUT2D eigenvalue weighted by atomic mass is 9.90. The summed E-state index contributed by atoms with van der Waals surface area (Å²) in [5, 5.41) is 4.23. The van der Waals surface area contributed by atoms with Gasteiger partial charge in [0.25, 0.3) is 0 Å². The summed E-state index contributed by atoms with van der Waals surface area (Å²) >= 11 is 0. The molecule has 4 rings (SSSR count). The van der Waals surface area contributed by atoms with Gasteiger partial charge in [0.1, 0.15) is 6.10 Å². The smallest absolute Gasteiger partial charge is 0.224 e. The maximum Gasteiger partial charge on any atom is 0.224 e. The van der Waals surface area contributed by atoms with Crippen molar-refractivity contribution in [3.05, 3.63) is 18.0 Å². The Morgan fingerprint density at radius 1 is 1.23 bits per heavy atom. The molecule has 2 aliphatic heterocycles. The number of hydrogen-bond donors (Lipinski definition) is 1. The molecule has 2 aromatic heterocycles. The molecule has 0 unspecified atom stereocenters. The van der Waals surface area contributed by atoms with Crippen LogP contribution in [0.25, 0.3) is 10.9 Å². The lowest BCUT2D eigenvalue weighted by molar-refractivity contribution is 0.0244. The van der Waals surface area contributed by atoms with E-state index in [1.807, 2.05) is 12.4 Å². The first kappa shape index (κ1) is 21.2. The average molecular weight is 416 g/mol. The van der Waals surface area contributed by atoms with Crippen LogP contribution in [0, 0.1) is 0 Å². The third kappa shape index (κ3) is 4.99. The molecule has 0 saturated carbocycles. The van der Waals surface area contributed by atoms with Gasteiger partial charge in [-0.1, -0.05) is 0 Å². The number of pyridine rings is 1. The van der Waals surface area contributed by atoms with Crippen LogP contribution in [0.5, 0.6) is 5.88 Å². The monoisotopic (exact) mass is 415 g/mol. The Balaban J connectivity index is 1.68. The van der Waals surface area contributed by atoms with Crippen LogP contribution in [0.15, 0.2) is 12.4 Å². The van der Waals surface area contributed by atoms with Gasteiger partial charge in [0, 0.05) is 56.4 Å². The Morgan fingerprint density at radius 2 is 2.07 bits per heavy atom. The zero-order valence-corrected chi connectivity index (χ0v) is 18.3. The number of rotatable bonds is 7. The van der Waals surface area contributed by atoms with Gasteiger partial charge in [0.05, 0.1) is 30.7 Å². The topological polar surface area (TPSA) is 81.6 Å². The summed E-state index contributed by atoms with van der Waals surface area (Å²) in [5.41, 5.74) is 2.12. The lowest BCUT2D eigenvalue weighted by Crippen LogP contribution is -2.31. The standard InChI is InChI=1S/C22H33N5O3/c1-15(14-28-3)25-22-24-12-19-20(26-22)18(16-5-4-8-27(2)13-16)11-23-21(19)30-17-6-9-29-10-7-17/h11-12,15-17H,4-10,13-14H2,1-3H3,(H,24,25,26)/t15-,16-/m0/s1. The summed E-state index contributed by atoms with van der Waals surface area (Å²) in [6.07, 6.45) is 8.04. The van der Waals surface area contributed by atoms with Crippen molar-refractivity contribution in [3.63, 3.8) is 0 Å². The number of piperidine rings is 1. The highest BCUT2D eigenvalue weighted by Gasteiger charge is 2.25. The van der Waals surface area contributed by atoms with Gasteiger partial charge in [0.2, 0.25) is 11.8 Å². The number of likely N-dealkylation sites (tertiary alicyclic amines) is 1. The maximum atomic E-state index is 6.27. The number of hydrogen-bond acceptors (Lipinski definition) is 8. The number of nitrogens with one attached hydrogen (secondary N) is 1. The molecular weight excluding hydrogens is 382 g/mol. The van der Waals surface area contributed by atoms with E-state index in [2.05, 4.69) is 29.2 Å². The van der Waals surface area contributed by atoms with Gasteiger partial charge in [-0.05, 0) is 33.4 Å². The summed E-state index contributed by atoms with van der Waals surface area (Å²) in [7, 11) is 3.88. The molecule has 1 N–H and O–H groups in total. The predicted molar refractivity (Wildman–Crippen MR) is 116 cm³/mol. The van der Waals surface area contributed by atoms with E-state index in [-0.39, 0.29) is 12.1 Å². The van der Waals surface area contributed by atoms with Gasteiger partial charge in [-0.2, -0.15) is 0 Å². The average Bonchev–Trinajstić information content (AvgIpc) is 2.75. The number of fused-ring (bicyclic) bond motifs is 1. The molecule has 8 nitrogen and oxygen atoms in total. The minimum Gasteiger partial charge on any atom is -0.474 e. The third-order valence-electron chi connectivity index (χ3n) is 5.92. The summed E-state index contributed by atoms with van der Waals surface area (Å²) in [4.78, 5) is 16.6. The lowest BCUT2D eigenvalue weighted by Gasteiger charge is -2.30. The zero-order valence-electron chi connectivity index (χ0n) is 18.3. The van der Waals surface area contributed by atoms with E-state index in [4.69, 9.17) is 24.2 Å². The fourth-order valence-corrected chi connectivity index (χ4v) is 4.36. The molecule has 2 atom stereocenters. The van der Waals surface area contributed by atoms with Crippen molar-refractivity contribution in [3.8, 4) is 5.88 Å². The Hall–Kier alpha value is -2.03. The molecule has 0 aliphatic carbocycles. The highest BCUT2D eigenvalue weighted by Crippen LogP contribution is 2.34. The van der Waals surface area contributed by atoms with E-state index < -0.39 is 0 Å². The Kier molecular flexibility index (Phi) is 6.97. The summed E-state index contributed by atoms with van der Waals surface area (Å²) in [6, 6.07) is 0.122. The first-order chi connectivity index (χ1) is 14.6. The molecule has 2 saturated heterocycles. The molecule has 4 heterocycles. The molecule has 2 aromatic rings. The van der Waals surface area contributed by atoms with E-state index in [0.29, 0.717) is 24.4 Å². The second kappa shape index (κ2) is 9.85. The molecule has 0 amide bonds. The quantitative estimate of drug-likeness (QED) is 0.739. The first-order valence-corrected chi connectivity index (χ1v) is 11.0. The number of methoxy groups -OCH3 is 1. The number of anilines is 1. The Bertz CT molecular complexity index is 843. The second-order valence-electron chi connectivity index (χ2n) is 8.51. The molecule has 0 radical (unpaired) electrons. The third-order valence-corrected chi connectivity index (χ3v) is 5.92. The molecule has 30 heavy (non-hydrogen) atoms. The van der Waals surface area contributed by atoms with Gasteiger partial charge < -0.3 is 24.4 Å². The molecule has 8 heteroatoms. The number of likely N-dealkylation sites (N-methyl/N-ethyl adjacent to an activating group) is 1. The number of nitrogens with zero attached hydrogens (tertiary/aromatic N) is 4. The van der Waals surface area contributed by atoms with Crippen LogP contribution in [0.1, 0.15) is 44.1 Å². The molecule has 0 spiro atoms. The number of ether oxygens (including phenoxy) is 3. The largest absolute Gasteiger partial charge is 0.474 e. The molecule has 0 aromatic carbocycles. The van der Waals surface area contributed by atoms with Crippen LogP contribution < -0.4 is 10.1 Å². The normalized spacial score (nSPS) is 22.2. The van der Waals surface area contributed by atoms with Crippen LogP contribution in [-0.2, 0) is 9.47 Å². The van der Waals surface area contributed by atoms with Crippen molar-refractivity contribution < 1.29 is 14.2 Å².